The van der Waals surface area contributed by atoms with Gasteiger partial charge in [0.2, 0.25) is 0 Å². The average Bonchev–Trinajstić information content (AvgIpc) is 2.69. The van der Waals surface area contributed by atoms with Crippen LogP contribution >= 0.6 is 0 Å². The van der Waals surface area contributed by atoms with E-state index in [1.807, 2.05) is 18.5 Å². The van der Waals surface area contributed by atoms with Crippen LogP contribution in [0, 0.1) is 5.92 Å². The Hall–Kier alpha value is -1.09. The molecule has 1 fully saturated rings. The molecule has 1 aliphatic carbocycles. The van der Waals surface area contributed by atoms with Crippen LogP contribution in [-0.4, -0.2) is 17.6 Å². The molecule has 0 saturated heterocycles. The highest BCUT2D eigenvalue weighted by atomic mass is 16.5. The highest BCUT2D eigenvalue weighted by molar-refractivity contribution is 5.30. The fourth-order valence-electron chi connectivity index (χ4n) is 2.70. The van der Waals surface area contributed by atoms with Crippen LogP contribution in [0.15, 0.2) is 18.5 Å². The molecule has 1 saturated carbocycles. The summed E-state index contributed by atoms with van der Waals surface area (Å²) in [7, 11) is 0. The third-order valence-electron chi connectivity index (χ3n) is 3.82. The lowest BCUT2D eigenvalue weighted by atomic mass is 10.1. The third kappa shape index (κ3) is 5.12. The third-order valence-corrected chi connectivity index (χ3v) is 3.82. The van der Waals surface area contributed by atoms with Gasteiger partial charge in [0, 0.05) is 24.5 Å². The molecule has 3 nitrogen and oxygen atoms in total. The molecule has 1 heterocycles. The Kier molecular flexibility index (Phi) is 6.31. The van der Waals surface area contributed by atoms with Gasteiger partial charge in [-0.15, -0.1) is 0 Å². The number of hydrogen-bond acceptors (Lipinski definition) is 3. The Morgan fingerprint density at radius 3 is 2.70 bits per heavy atom. The van der Waals surface area contributed by atoms with E-state index >= 15 is 0 Å². The summed E-state index contributed by atoms with van der Waals surface area (Å²) in [6.45, 7) is 6.31. The van der Waals surface area contributed by atoms with E-state index in [0.717, 1.165) is 18.8 Å². The molecule has 2 rings (SSSR count). The number of nitrogens with zero attached hydrogens (tertiary/aromatic N) is 1. The summed E-state index contributed by atoms with van der Waals surface area (Å²) in [4.78, 5) is 4.23. The molecule has 0 bridgehead atoms. The average molecular weight is 276 g/mol. The lowest BCUT2D eigenvalue weighted by molar-refractivity contribution is 0.181. The van der Waals surface area contributed by atoms with Crippen LogP contribution in [0.1, 0.15) is 57.9 Å². The van der Waals surface area contributed by atoms with Crippen molar-refractivity contribution in [2.75, 3.05) is 6.54 Å². The van der Waals surface area contributed by atoms with Crippen molar-refractivity contribution >= 4 is 0 Å². The number of rotatable bonds is 6. The van der Waals surface area contributed by atoms with Crippen LogP contribution in [-0.2, 0) is 6.54 Å². The molecule has 1 N–H and O–H groups in total. The zero-order chi connectivity index (χ0) is 14.2. The van der Waals surface area contributed by atoms with E-state index in [1.54, 1.807) is 0 Å². The summed E-state index contributed by atoms with van der Waals surface area (Å²) in [5.41, 5.74) is 1.18. The maximum Gasteiger partial charge on any atom is 0.127 e. The smallest absolute Gasteiger partial charge is 0.127 e. The fourth-order valence-corrected chi connectivity index (χ4v) is 2.70. The molecule has 0 aromatic carbocycles. The molecule has 1 aromatic rings. The van der Waals surface area contributed by atoms with Crippen LogP contribution in [0.5, 0.6) is 5.75 Å². The van der Waals surface area contributed by atoms with E-state index in [4.69, 9.17) is 4.74 Å². The lowest BCUT2D eigenvalue weighted by Crippen LogP contribution is -2.21. The van der Waals surface area contributed by atoms with Gasteiger partial charge < -0.3 is 10.1 Å². The monoisotopic (exact) mass is 276 g/mol. The van der Waals surface area contributed by atoms with Gasteiger partial charge in [0.1, 0.15) is 5.75 Å². The molecule has 112 valence electrons. The second-order valence-corrected chi connectivity index (χ2v) is 6.24. The molecule has 0 unspecified atom stereocenters. The Morgan fingerprint density at radius 2 is 2.00 bits per heavy atom. The normalized spacial score (nSPS) is 17.1. The van der Waals surface area contributed by atoms with Crippen molar-refractivity contribution in [3.63, 3.8) is 0 Å². The highest BCUT2D eigenvalue weighted by Crippen LogP contribution is 2.24. The van der Waals surface area contributed by atoms with Gasteiger partial charge in [-0.2, -0.15) is 0 Å². The highest BCUT2D eigenvalue weighted by Gasteiger charge is 2.15. The first-order chi connectivity index (χ1) is 9.75. The zero-order valence-corrected chi connectivity index (χ0v) is 12.9. The van der Waals surface area contributed by atoms with Crippen molar-refractivity contribution in [3.05, 3.63) is 24.0 Å². The van der Waals surface area contributed by atoms with E-state index in [2.05, 4.69) is 24.1 Å². The molecule has 20 heavy (non-hydrogen) atoms. The minimum atomic E-state index is 0.392. The van der Waals surface area contributed by atoms with Crippen LogP contribution in [0.2, 0.25) is 0 Å². The number of aromatic nitrogens is 1. The first kappa shape index (κ1) is 15.3. The van der Waals surface area contributed by atoms with Crippen molar-refractivity contribution in [2.45, 2.75) is 65.0 Å². The van der Waals surface area contributed by atoms with Gasteiger partial charge in [-0.1, -0.05) is 26.7 Å². The maximum absolute atomic E-state index is 6.24. The van der Waals surface area contributed by atoms with Crippen LogP contribution < -0.4 is 10.1 Å². The summed E-state index contributed by atoms with van der Waals surface area (Å²) < 4.78 is 6.24. The van der Waals surface area contributed by atoms with E-state index in [1.165, 1.54) is 44.1 Å². The Bertz CT molecular complexity index is 384. The van der Waals surface area contributed by atoms with Gasteiger partial charge in [0.15, 0.2) is 0 Å². The minimum absolute atomic E-state index is 0.392. The standard InChI is InChI=1S/C17H28N2O/c1-14(2)11-19-13-15-12-18-10-9-17(15)20-16-7-5-3-4-6-8-16/h9-10,12,14,16,19H,3-8,11,13H2,1-2H3. The van der Waals surface area contributed by atoms with Crippen molar-refractivity contribution in [1.29, 1.82) is 0 Å². The second-order valence-electron chi connectivity index (χ2n) is 6.24. The fraction of sp³-hybridized carbons (Fsp3) is 0.706. The van der Waals surface area contributed by atoms with Gasteiger partial charge in [0.25, 0.3) is 0 Å². The van der Waals surface area contributed by atoms with Gasteiger partial charge in [-0.25, -0.2) is 0 Å². The second kappa shape index (κ2) is 8.25. The molecule has 3 heteroatoms. The van der Waals surface area contributed by atoms with Gasteiger partial charge in [-0.3, -0.25) is 4.98 Å². The van der Waals surface area contributed by atoms with E-state index < -0.39 is 0 Å². The van der Waals surface area contributed by atoms with Gasteiger partial charge in [0.05, 0.1) is 6.10 Å². The molecule has 0 amide bonds. The predicted octanol–water partition coefficient (Wildman–Crippen LogP) is 3.93. The van der Waals surface area contributed by atoms with Crippen molar-refractivity contribution in [1.82, 2.24) is 10.3 Å². The maximum atomic E-state index is 6.24. The number of ether oxygens (including phenoxy) is 1. The van der Waals surface area contributed by atoms with E-state index in [9.17, 15) is 0 Å². The quantitative estimate of drug-likeness (QED) is 0.799. The topological polar surface area (TPSA) is 34.2 Å². The largest absolute Gasteiger partial charge is 0.490 e. The summed E-state index contributed by atoms with van der Waals surface area (Å²) in [6, 6.07) is 2.01. The molecule has 0 aliphatic heterocycles. The summed E-state index contributed by atoms with van der Waals surface area (Å²) in [5.74, 6) is 1.68. The van der Waals surface area contributed by atoms with Gasteiger partial charge >= 0.3 is 0 Å². The SMILES string of the molecule is CC(C)CNCc1cnccc1OC1CCCCCC1. The Morgan fingerprint density at radius 1 is 1.25 bits per heavy atom. The Labute approximate surface area is 123 Å². The number of pyridine rings is 1. The molecular weight excluding hydrogens is 248 g/mol. The molecule has 0 spiro atoms. The molecular formula is C17H28N2O. The molecule has 1 aliphatic rings. The number of hydrogen-bond donors (Lipinski definition) is 1. The van der Waals surface area contributed by atoms with E-state index in [0.29, 0.717) is 12.0 Å². The van der Waals surface area contributed by atoms with Crippen LogP contribution in [0.4, 0.5) is 0 Å². The van der Waals surface area contributed by atoms with Crippen molar-refractivity contribution < 1.29 is 4.74 Å². The Balaban J connectivity index is 1.92. The summed E-state index contributed by atoms with van der Waals surface area (Å²) in [6.07, 6.45) is 11.9. The van der Waals surface area contributed by atoms with Crippen molar-refractivity contribution in [3.8, 4) is 5.75 Å². The predicted molar refractivity (Wildman–Crippen MR) is 82.9 cm³/mol. The number of nitrogens with one attached hydrogen (secondary N) is 1. The summed E-state index contributed by atoms with van der Waals surface area (Å²) >= 11 is 0. The van der Waals surface area contributed by atoms with Crippen LogP contribution in [0.25, 0.3) is 0 Å². The minimum Gasteiger partial charge on any atom is -0.490 e. The van der Waals surface area contributed by atoms with E-state index in [-0.39, 0.29) is 0 Å². The zero-order valence-electron chi connectivity index (χ0n) is 12.9. The molecule has 1 aromatic heterocycles. The summed E-state index contributed by atoms with van der Waals surface area (Å²) in [5, 5.41) is 3.47. The first-order valence-corrected chi connectivity index (χ1v) is 8.06. The van der Waals surface area contributed by atoms with Crippen LogP contribution in [0.3, 0.4) is 0 Å². The van der Waals surface area contributed by atoms with Gasteiger partial charge in [-0.05, 0) is 44.2 Å². The molecule has 0 atom stereocenters. The first-order valence-electron chi connectivity index (χ1n) is 8.06. The van der Waals surface area contributed by atoms with Crippen molar-refractivity contribution in [2.24, 2.45) is 5.92 Å². The molecule has 0 radical (unpaired) electrons. The lowest BCUT2D eigenvalue weighted by Gasteiger charge is -2.19.